The Morgan fingerprint density at radius 1 is 0.500 bits per heavy atom. The molecule has 44 heavy (non-hydrogen) atoms. The molecule has 248 valence electrons. The first-order valence-corrected chi connectivity index (χ1v) is 16.0. The number of H-pyrrole nitrogens is 1. The fourth-order valence-corrected chi connectivity index (χ4v) is 3.08. The molecule has 1 N–H and O–H groups in total. The quantitative estimate of drug-likeness (QED) is 0.203. The monoisotopic (exact) mass is 614 g/mol. The lowest BCUT2D eigenvalue weighted by Gasteiger charge is -1.96. The van der Waals surface area contributed by atoms with E-state index in [1.807, 2.05) is 47.6 Å². The summed E-state index contributed by atoms with van der Waals surface area (Å²) in [5.41, 5.74) is 1.05. The van der Waals surface area contributed by atoms with Gasteiger partial charge in [-0.05, 0) is 5.92 Å². The molecule has 4 aromatic heterocycles. The van der Waals surface area contributed by atoms with E-state index in [2.05, 4.69) is 110 Å². The second kappa shape index (κ2) is 18.4. The van der Waals surface area contributed by atoms with E-state index in [0.717, 1.165) is 46.6 Å². The van der Waals surface area contributed by atoms with Crippen LogP contribution in [-0.4, -0.2) is 40.7 Å². The molecule has 0 fully saturated rings. The highest BCUT2D eigenvalue weighted by Gasteiger charge is 2.13. The van der Waals surface area contributed by atoms with Gasteiger partial charge in [0.05, 0.1) is 5.69 Å². The molecule has 0 saturated carbocycles. The maximum absolute atomic E-state index is 5.38. The minimum atomic E-state index is 0.329. The Morgan fingerprint density at radius 3 is 1.27 bits per heavy atom. The number of nitrogens with zero attached hydrogens (tertiary/aromatic N) is 7. The Kier molecular flexibility index (Phi) is 16.2. The molecule has 0 aromatic carbocycles. The van der Waals surface area contributed by atoms with Crippen LogP contribution < -0.4 is 0 Å². The summed E-state index contributed by atoms with van der Waals surface area (Å²) in [4.78, 5) is 8.57. The molecule has 0 aliphatic heterocycles. The fraction of sp³-hybridized carbons (Fsp3) is 0.727. The summed E-state index contributed by atoms with van der Waals surface area (Å²) in [6.45, 7) is 33.2. The van der Waals surface area contributed by atoms with Crippen molar-refractivity contribution in [3.8, 4) is 0 Å². The van der Waals surface area contributed by atoms with E-state index >= 15 is 0 Å². The molecule has 0 spiro atoms. The van der Waals surface area contributed by atoms with E-state index in [0.29, 0.717) is 47.3 Å². The van der Waals surface area contributed by atoms with Gasteiger partial charge in [-0.1, -0.05) is 121 Å². The number of nitrogens with one attached hydrogen (secondary N) is 1. The maximum atomic E-state index is 5.38. The van der Waals surface area contributed by atoms with E-state index < -0.39 is 0 Å². The molecule has 0 unspecified atom stereocenters. The van der Waals surface area contributed by atoms with Crippen molar-refractivity contribution >= 4 is 0 Å². The molecule has 0 bridgehead atoms. The highest BCUT2D eigenvalue weighted by Crippen LogP contribution is 2.20. The van der Waals surface area contributed by atoms with Crippen LogP contribution in [0.2, 0.25) is 0 Å². The normalized spacial score (nSPS) is 11.5. The highest BCUT2D eigenvalue weighted by atomic mass is 16.5. The van der Waals surface area contributed by atoms with Crippen LogP contribution in [0.4, 0.5) is 0 Å². The van der Waals surface area contributed by atoms with Gasteiger partial charge in [0, 0.05) is 47.5 Å². The molecule has 11 nitrogen and oxygen atoms in total. The minimum absolute atomic E-state index is 0.329. The van der Waals surface area contributed by atoms with E-state index in [1.165, 1.54) is 0 Å². The lowest BCUT2D eigenvalue weighted by atomic mass is 10.1. The summed E-state index contributed by atoms with van der Waals surface area (Å²) in [5.74, 6) is 8.96. The number of hydrogen-bond donors (Lipinski definition) is 1. The lowest BCUT2D eigenvalue weighted by Crippen LogP contribution is -1.92. The number of aromatic nitrogens is 8. The van der Waals surface area contributed by atoms with Gasteiger partial charge in [-0.2, -0.15) is 10.1 Å². The van der Waals surface area contributed by atoms with Gasteiger partial charge in [-0.15, -0.1) is 10.2 Å². The van der Waals surface area contributed by atoms with Crippen LogP contribution in [-0.2, 0) is 0 Å². The smallest absolute Gasteiger partial charge is 0.229 e. The van der Waals surface area contributed by atoms with Crippen molar-refractivity contribution in [2.75, 3.05) is 0 Å². The third-order valence-corrected chi connectivity index (χ3v) is 6.20. The van der Waals surface area contributed by atoms with Crippen molar-refractivity contribution in [1.82, 2.24) is 40.7 Å². The topological polar surface area (TPSA) is 145 Å². The van der Waals surface area contributed by atoms with E-state index in [-0.39, 0.29) is 0 Å². The van der Waals surface area contributed by atoms with Crippen molar-refractivity contribution in [1.29, 1.82) is 0 Å². The number of rotatable bonds is 8. The minimum Gasteiger partial charge on any atom is -0.425 e. The average Bonchev–Trinajstić information content (AvgIpc) is 3.76. The second-order valence-corrected chi connectivity index (χ2v) is 13.4. The highest BCUT2D eigenvalue weighted by molar-refractivity contribution is 5.11. The molecular formula is C33H58N8O3. The summed E-state index contributed by atoms with van der Waals surface area (Å²) in [6.07, 6.45) is 0. The fourth-order valence-electron chi connectivity index (χ4n) is 3.08. The largest absolute Gasteiger partial charge is 0.425 e. The first-order chi connectivity index (χ1) is 20.4. The van der Waals surface area contributed by atoms with Crippen LogP contribution in [0.25, 0.3) is 0 Å². The summed E-state index contributed by atoms with van der Waals surface area (Å²) in [6, 6.07) is 2.04. The predicted molar refractivity (Wildman–Crippen MR) is 174 cm³/mol. The van der Waals surface area contributed by atoms with Gasteiger partial charge in [0.15, 0.2) is 11.6 Å². The van der Waals surface area contributed by atoms with Gasteiger partial charge in [0.1, 0.15) is 11.6 Å². The number of aromatic amines is 1. The Hall–Kier alpha value is -3.37. The third-order valence-electron chi connectivity index (χ3n) is 6.20. The summed E-state index contributed by atoms with van der Waals surface area (Å²) < 4.78 is 15.5. The predicted octanol–water partition coefficient (Wildman–Crippen LogP) is 9.61. The van der Waals surface area contributed by atoms with Gasteiger partial charge in [-0.3, -0.25) is 5.10 Å². The van der Waals surface area contributed by atoms with Crippen LogP contribution in [0.15, 0.2) is 19.5 Å². The Balaban J connectivity index is 0.000000293. The Bertz CT molecular complexity index is 1020. The lowest BCUT2D eigenvalue weighted by molar-refractivity contribution is 0.359. The van der Waals surface area contributed by atoms with Crippen LogP contribution in [0.5, 0.6) is 0 Å². The molecule has 0 amide bonds. The van der Waals surface area contributed by atoms with Crippen molar-refractivity contribution in [3.05, 3.63) is 52.7 Å². The van der Waals surface area contributed by atoms with Gasteiger partial charge >= 0.3 is 0 Å². The van der Waals surface area contributed by atoms with Crippen LogP contribution in [0, 0.1) is 0 Å². The van der Waals surface area contributed by atoms with Crippen LogP contribution in [0.3, 0.4) is 0 Å². The standard InChI is InChI=1S/C9H15NO.C8H15N3.2C8H14N2O/c1-6(2)8-5-9(7(3)4)11-10-8;1-5(2)7-9-8(6(3)4)11-10-7;1-5(2)7-9-10-8(11-7)6(3)4;1-5(2)7-9-8(6(3)4)11-10-7/h5-7H,1-4H3;5-6H,1-4H3,(H,9,10,11);2*5-6H,1-4H3. The first kappa shape index (κ1) is 38.7. The summed E-state index contributed by atoms with van der Waals surface area (Å²) in [7, 11) is 0. The van der Waals surface area contributed by atoms with E-state index in [1.54, 1.807) is 0 Å². The van der Waals surface area contributed by atoms with Crippen LogP contribution >= 0.6 is 0 Å². The summed E-state index contributed by atoms with van der Waals surface area (Å²) in [5, 5.41) is 22.7. The molecule has 11 heteroatoms. The molecule has 0 atom stereocenters. The third kappa shape index (κ3) is 13.1. The van der Waals surface area contributed by atoms with Crippen molar-refractivity contribution < 1.29 is 13.5 Å². The molecule has 4 rings (SSSR count). The van der Waals surface area contributed by atoms with Gasteiger partial charge < -0.3 is 13.5 Å². The molecule has 0 aliphatic carbocycles. The van der Waals surface area contributed by atoms with Gasteiger partial charge in [0.2, 0.25) is 17.7 Å². The molecule has 0 radical (unpaired) electrons. The second-order valence-electron chi connectivity index (χ2n) is 13.4. The van der Waals surface area contributed by atoms with Crippen LogP contribution in [0.1, 0.15) is 205 Å². The van der Waals surface area contributed by atoms with Gasteiger partial charge in [0.25, 0.3) is 0 Å². The zero-order valence-electron chi connectivity index (χ0n) is 30.1. The van der Waals surface area contributed by atoms with Crippen molar-refractivity contribution in [2.24, 2.45) is 0 Å². The first-order valence-electron chi connectivity index (χ1n) is 16.0. The zero-order chi connectivity index (χ0) is 33.7. The SMILES string of the molecule is CC(C)c1cc(C(C)C)on1.CC(C)c1n[nH]c(C(C)C)n1.CC(C)c1nnc(C(C)C)o1.CC(C)c1noc(C(C)C)n1. The van der Waals surface area contributed by atoms with E-state index in [4.69, 9.17) is 13.5 Å². The number of hydrogen-bond acceptors (Lipinski definition) is 10. The van der Waals surface area contributed by atoms with Crippen molar-refractivity contribution in [3.63, 3.8) is 0 Å². The summed E-state index contributed by atoms with van der Waals surface area (Å²) >= 11 is 0. The zero-order valence-corrected chi connectivity index (χ0v) is 30.1. The molecule has 0 saturated heterocycles. The molecule has 4 aromatic rings. The van der Waals surface area contributed by atoms with E-state index in [9.17, 15) is 0 Å². The molecular weight excluding hydrogens is 556 g/mol. The van der Waals surface area contributed by atoms with Gasteiger partial charge in [-0.25, -0.2) is 4.98 Å². The molecule has 0 aliphatic rings. The average molecular weight is 615 g/mol. The Labute approximate surface area is 264 Å². The van der Waals surface area contributed by atoms with Crippen molar-refractivity contribution in [2.45, 2.75) is 158 Å². The Morgan fingerprint density at radius 2 is 1.02 bits per heavy atom. The maximum Gasteiger partial charge on any atom is 0.229 e. The molecule has 4 heterocycles.